The van der Waals surface area contributed by atoms with Crippen molar-refractivity contribution in [1.29, 1.82) is 5.26 Å². The number of hydrogen-bond acceptors (Lipinski definition) is 5. The first kappa shape index (κ1) is 17.1. The second-order valence-electron chi connectivity index (χ2n) is 7.14. The summed E-state index contributed by atoms with van der Waals surface area (Å²) in [4.78, 5) is 12.0. The SMILES string of the molecule is CC(C)(C)OC(=O)N[C@H]1C(O)c2cc(C#N)ccc2OC1(C)C. The van der Waals surface area contributed by atoms with Gasteiger partial charge in [0.1, 0.15) is 29.1 Å². The summed E-state index contributed by atoms with van der Waals surface area (Å²) >= 11 is 0. The molecule has 0 aromatic heterocycles. The maximum absolute atomic E-state index is 12.0. The number of carbonyl (C=O) groups excluding carboxylic acids is 1. The number of carbonyl (C=O) groups is 1. The summed E-state index contributed by atoms with van der Waals surface area (Å²) in [6, 6.07) is 6.17. The molecule has 6 heteroatoms. The molecule has 1 aromatic carbocycles. The van der Waals surface area contributed by atoms with Crippen molar-refractivity contribution in [2.75, 3.05) is 0 Å². The Morgan fingerprint density at radius 2 is 2.09 bits per heavy atom. The lowest BCUT2D eigenvalue weighted by Gasteiger charge is -2.43. The van der Waals surface area contributed by atoms with E-state index in [1.165, 1.54) is 0 Å². The first-order valence-corrected chi connectivity index (χ1v) is 7.44. The second kappa shape index (κ2) is 5.74. The molecule has 23 heavy (non-hydrogen) atoms. The Morgan fingerprint density at radius 1 is 1.43 bits per heavy atom. The number of amides is 1. The van der Waals surface area contributed by atoms with Gasteiger partial charge in [-0.15, -0.1) is 0 Å². The molecule has 1 amide bonds. The lowest BCUT2D eigenvalue weighted by molar-refractivity contribution is -0.0331. The van der Waals surface area contributed by atoms with E-state index in [1.54, 1.807) is 52.8 Å². The van der Waals surface area contributed by atoms with Crippen molar-refractivity contribution in [1.82, 2.24) is 5.32 Å². The molecule has 0 saturated carbocycles. The quantitative estimate of drug-likeness (QED) is 0.830. The molecule has 1 aromatic rings. The van der Waals surface area contributed by atoms with Crippen molar-refractivity contribution < 1.29 is 19.4 Å². The molecule has 1 unspecified atom stereocenters. The highest BCUT2D eigenvalue weighted by atomic mass is 16.6. The van der Waals surface area contributed by atoms with Gasteiger partial charge in [0.2, 0.25) is 0 Å². The highest BCUT2D eigenvalue weighted by Gasteiger charge is 2.44. The number of nitrogens with zero attached hydrogens (tertiary/aromatic N) is 1. The van der Waals surface area contributed by atoms with E-state index in [0.717, 1.165) is 0 Å². The lowest BCUT2D eigenvalue weighted by Crippen LogP contribution is -2.58. The number of alkyl carbamates (subject to hydrolysis) is 1. The van der Waals surface area contributed by atoms with E-state index >= 15 is 0 Å². The number of ether oxygens (including phenoxy) is 2. The number of aliphatic hydroxyl groups excluding tert-OH is 1. The molecule has 0 spiro atoms. The van der Waals surface area contributed by atoms with Crippen LogP contribution in [0.2, 0.25) is 0 Å². The van der Waals surface area contributed by atoms with Gasteiger partial charge in [0.25, 0.3) is 0 Å². The predicted octanol–water partition coefficient (Wildman–Crippen LogP) is 2.66. The van der Waals surface area contributed by atoms with Gasteiger partial charge in [-0.2, -0.15) is 5.26 Å². The van der Waals surface area contributed by atoms with Crippen LogP contribution in [0.4, 0.5) is 4.79 Å². The smallest absolute Gasteiger partial charge is 0.408 e. The fourth-order valence-corrected chi connectivity index (χ4v) is 2.54. The Labute approximate surface area is 136 Å². The molecule has 1 aliphatic heterocycles. The van der Waals surface area contributed by atoms with Gasteiger partial charge in [-0.1, -0.05) is 0 Å². The summed E-state index contributed by atoms with van der Waals surface area (Å²) in [7, 11) is 0. The van der Waals surface area contributed by atoms with Crippen LogP contribution >= 0.6 is 0 Å². The van der Waals surface area contributed by atoms with Crippen molar-refractivity contribution >= 4 is 6.09 Å². The van der Waals surface area contributed by atoms with Crippen LogP contribution in [-0.4, -0.2) is 28.4 Å². The first-order chi connectivity index (χ1) is 10.5. The van der Waals surface area contributed by atoms with Crippen molar-refractivity contribution in [3.8, 4) is 11.8 Å². The molecule has 6 nitrogen and oxygen atoms in total. The molecule has 0 bridgehead atoms. The number of benzene rings is 1. The summed E-state index contributed by atoms with van der Waals surface area (Å²) in [5.41, 5.74) is -0.579. The molecule has 1 aliphatic rings. The fourth-order valence-electron chi connectivity index (χ4n) is 2.54. The summed E-state index contributed by atoms with van der Waals surface area (Å²) in [6.07, 6.45) is -1.63. The van der Waals surface area contributed by atoms with Crippen LogP contribution in [-0.2, 0) is 4.74 Å². The zero-order valence-corrected chi connectivity index (χ0v) is 14.0. The van der Waals surface area contributed by atoms with Crippen LogP contribution in [0.3, 0.4) is 0 Å². The minimum absolute atomic E-state index is 0.419. The number of rotatable bonds is 1. The van der Waals surface area contributed by atoms with Crippen molar-refractivity contribution in [3.05, 3.63) is 29.3 Å². The molecule has 2 rings (SSSR count). The van der Waals surface area contributed by atoms with Crippen molar-refractivity contribution in [3.63, 3.8) is 0 Å². The van der Waals surface area contributed by atoms with Crippen molar-refractivity contribution in [2.24, 2.45) is 0 Å². The van der Waals surface area contributed by atoms with Crippen LogP contribution in [0.5, 0.6) is 5.75 Å². The normalized spacial score (nSPS) is 22.3. The Bertz CT molecular complexity index is 656. The molecule has 0 aliphatic carbocycles. The maximum Gasteiger partial charge on any atom is 0.408 e. The van der Waals surface area contributed by atoms with Crippen LogP contribution < -0.4 is 10.1 Å². The molecular weight excluding hydrogens is 296 g/mol. The average Bonchev–Trinajstić information content (AvgIpc) is 2.41. The first-order valence-electron chi connectivity index (χ1n) is 7.44. The third-order valence-electron chi connectivity index (χ3n) is 3.57. The van der Waals surface area contributed by atoms with E-state index in [4.69, 9.17) is 14.7 Å². The van der Waals surface area contributed by atoms with Crippen LogP contribution in [0, 0.1) is 11.3 Å². The van der Waals surface area contributed by atoms with Crippen LogP contribution in [0.1, 0.15) is 51.8 Å². The minimum Gasteiger partial charge on any atom is -0.485 e. The van der Waals surface area contributed by atoms with Gasteiger partial charge in [0, 0.05) is 5.56 Å². The van der Waals surface area contributed by atoms with E-state index in [9.17, 15) is 9.90 Å². The number of aliphatic hydroxyl groups is 1. The third kappa shape index (κ3) is 3.74. The molecule has 1 heterocycles. The molecule has 124 valence electrons. The van der Waals surface area contributed by atoms with Gasteiger partial charge >= 0.3 is 6.09 Å². The summed E-state index contributed by atoms with van der Waals surface area (Å²) in [6.45, 7) is 8.85. The van der Waals surface area contributed by atoms with Gasteiger partial charge in [-0.25, -0.2) is 4.79 Å². The predicted molar refractivity (Wildman–Crippen MR) is 84.0 cm³/mol. The number of nitrogens with one attached hydrogen (secondary N) is 1. The zero-order valence-electron chi connectivity index (χ0n) is 14.0. The number of fused-ring (bicyclic) bond motifs is 1. The lowest BCUT2D eigenvalue weighted by atomic mass is 9.85. The standard InChI is InChI=1S/C17H22N2O4/c1-16(2,3)23-15(21)19-14-13(20)11-8-10(9-18)6-7-12(11)22-17(14,4)5/h6-8,13-14,20H,1-5H3,(H,19,21)/t13?,14-/m0/s1. The Kier molecular flexibility index (Phi) is 4.27. The average molecular weight is 318 g/mol. The second-order valence-corrected chi connectivity index (χ2v) is 7.14. The Hall–Kier alpha value is -2.26. The molecular formula is C17H22N2O4. The van der Waals surface area contributed by atoms with Gasteiger partial charge < -0.3 is 19.9 Å². The van der Waals surface area contributed by atoms with Crippen LogP contribution in [0.15, 0.2) is 18.2 Å². The third-order valence-corrected chi connectivity index (χ3v) is 3.57. The Morgan fingerprint density at radius 3 is 2.65 bits per heavy atom. The highest BCUT2D eigenvalue weighted by molar-refractivity contribution is 5.68. The van der Waals surface area contributed by atoms with Gasteiger partial charge in [-0.3, -0.25) is 0 Å². The van der Waals surface area contributed by atoms with E-state index in [0.29, 0.717) is 16.9 Å². The van der Waals surface area contributed by atoms with E-state index in [2.05, 4.69) is 5.32 Å². The Balaban J connectivity index is 2.29. The maximum atomic E-state index is 12.0. The molecule has 2 atom stereocenters. The molecule has 0 saturated heterocycles. The zero-order chi connectivity index (χ0) is 17.4. The highest BCUT2D eigenvalue weighted by Crippen LogP contribution is 2.40. The van der Waals surface area contributed by atoms with Crippen LogP contribution in [0.25, 0.3) is 0 Å². The van der Waals surface area contributed by atoms with Gasteiger partial charge in [0.15, 0.2) is 0 Å². The van der Waals surface area contributed by atoms with Gasteiger partial charge in [0.05, 0.1) is 11.6 Å². The fraction of sp³-hybridized carbons (Fsp3) is 0.529. The van der Waals surface area contributed by atoms with E-state index in [1.807, 2.05) is 6.07 Å². The topological polar surface area (TPSA) is 91.6 Å². The minimum atomic E-state index is -1.01. The summed E-state index contributed by atoms with van der Waals surface area (Å²) in [5, 5.41) is 22.3. The molecule has 0 radical (unpaired) electrons. The largest absolute Gasteiger partial charge is 0.485 e. The van der Waals surface area contributed by atoms with Gasteiger partial charge in [-0.05, 0) is 52.8 Å². The summed E-state index contributed by atoms with van der Waals surface area (Å²) in [5.74, 6) is 0.503. The van der Waals surface area contributed by atoms with Crippen molar-refractivity contribution in [2.45, 2.75) is 58.0 Å². The van der Waals surface area contributed by atoms with E-state index < -0.39 is 29.4 Å². The monoisotopic (exact) mass is 318 g/mol. The summed E-state index contributed by atoms with van der Waals surface area (Å²) < 4.78 is 11.1. The molecule has 0 fully saturated rings. The number of nitriles is 1. The van der Waals surface area contributed by atoms with E-state index in [-0.39, 0.29) is 0 Å². The number of hydrogen-bond donors (Lipinski definition) is 2. The molecule has 2 N–H and O–H groups in total.